The van der Waals surface area contributed by atoms with Crippen LogP contribution in [0.3, 0.4) is 0 Å². The Morgan fingerprint density at radius 2 is 1.76 bits per heavy atom. The second-order valence-corrected chi connectivity index (χ2v) is 5.72. The van der Waals surface area contributed by atoms with Gasteiger partial charge in [-0.2, -0.15) is 0 Å². The zero-order valence-electron chi connectivity index (χ0n) is 11.0. The highest BCUT2D eigenvalue weighted by Crippen LogP contribution is 2.25. The first-order valence-electron chi connectivity index (χ1n) is 6.34. The van der Waals surface area contributed by atoms with Crippen LogP contribution in [-0.4, -0.2) is 10.9 Å². The predicted molar refractivity (Wildman–Crippen MR) is 89.2 cm³/mol. The molecule has 0 aliphatic carbocycles. The molecule has 1 amide bonds. The molecule has 0 fully saturated rings. The summed E-state index contributed by atoms with van der Waals surface area (Å²) in [7, 11) is 0. The fourth-order valence-electron chi connectivity index (χ4n) is 1.90. The number of anilines is 1. The van der Waals surface area contributed by atoms with Crippen molar-refractivity contribution >= 4 is 35.0 Å². The number of carbonyl (C=O) groups excluding carboxylic acids is 1. The quantitative estimate of drug-likeness (QED) is 0.706. The van der Waals surface area contributed by atoms with E-state index < -0.39 is 0 Å². The number of thiazole rings is 1. The number of hydrogen-bond donors (Lipinski definition) is 2. The van der Waals surface area contributed by atoms with Crippen LogP contribution in [-0.2, 0) is 0 Å². The Labute approximate surface area is 132 Å². The molecule has 1 heterocycles. The van der Waals surface area contributed by atoms with E-state index in [0.29, 0.717) is 15.6 Å². The van der Waals surface area contributed by atoms with E-state index in [1.807, 2.05) is 47.8 Å². The molecule has 104 valence electrons. The van der Waals surface area contributed by atoms with E-state index >= 15 is 0 Å². The molecule has 0 saturated carbocycles. The SMILES string of the molecule is O=C(Nc1nc(-c2ccccc2)cs1)c1ccccc1S. The Morgan fingerprint density at radius 3 is 2.52 bits per heavy atom. The summed E-state index contributed by atoms with van der Waals surface area (Å²) in [6.07, 6.45) is 0. The average Bonchev–Trinajstić information content (AvgIpc) is 2.97. The molecule has 0 radical (unpaired) electrons. The standard InChI is InChI=1S/C16H12N2OS2/c19-15(12-8-4-5-9-14(12)20)18-16-17-13(10-21-16)11-6-2-1-3-7-11/h1-10,20H,(H,17,18,19). The highest BCUT2D eigenvalue weighted by Gasteiger charge is 2.11. The van der Waals surface area contributed by atoms with E-state index in [-0.39, 0.29) is 5.91 Å². The zero-order chi connectivity index (χ0) is 14.7. The van der Waals surface area contributed by atoms with Gasteiger partial charge in [0, 0.05) is 15.8 Å². The van der Waals surface area contributed by atoms with Crippen molar-refractivity contribution in [3.8, 4) is 11.3 Å². The van der Waals surface area contributed by atoms with Crippen LogP contribution < -0.4 is 5.32 Å². The van der Waals surface area contributed by atoms with Gasteiger partial charge in [0.1, 0.15) is 0 Å². The number of hydrogen-bond acceptors (Lipinski definition) is 4. The van der Waals surface area contributed by atoms with Gasteiger partial charge in [-0.15, -0.1) is 24.0 Å². The minimum atomic E-state index is -0.199. The smallest absolute Gasteiger partial charge is 0.258 e. The molecule has 3 aromatic rings. The summed E-state index contributed by atoms with van der Waals surface area (Å²) in [5.41, 5.74) is 2.43. The van der Waals surface area contributed by atoms with Gasteiger partial charge in [-0.1, -0.05) is 42.5 Å². The first-order valence-corrected chi connectivity index (χ1v) is 7.67. The molecule has 21 heavy (non-hydrogen) atoms. The third-order valence-electron chi connectivity index (χ3n) is 2.94. The number of benzene rings is 2. The van der Waals surface area contributed by atoms with Gasteiger partial charge in [-0.05, 0) is 12.1 Å². The summed E-state index contributed by atoms with van der Waals surface area (Å²) in [6, 6.07) is 17.0. The highest BCUT2D eigenvalue weighted by molar-refractivity contribution is 7.80. The van der Waals surface area contributed by atoms with Gasteiger partial charge >= 0.3 is 0 Å². The van der Waals surface area contributed by atoms with Crippen LogP contribution in [0.15, 0.2) is 64.9 Å². The molecule has 0 saturated heterocycles. The number of amides is 1. The van der Waals surface area contributed by atoms with E-state index in [0.717, 1.165) is 11.3 Å². The van der Waals surface area contributed by atoms with Crippen molar-refractivity contribution in [1.29, 1.82) is 0 Å². The van der Waals surface area contributed by atoms with E-state index in [9.17, 15) is 4.79 Å². The lowest BCUT2D eigenvalue weighted by atomic mass is 10.2. The molecule has 0 aliphatic heterocycles. The maximum absolute atomic E-state index is 12.2. The zero-order valence-corrected chi connectivity index (χ0v) is 12.7. The Morgan fingerprint density at radius 1 is 1.05 bits per heavy atom. The van der Waals surface area contributed by atoms with Gasteiger partial charge in [-0.3, -0.25) is 10.1 Å². The van der Waals surface area contributed by atoms with Crippen molar-refractivity contribution in [3.63, 3.8) is 0 Å². The lowest BCUT2D eigenvalue weighted by Crippen LogP contribution is -2.12. The minimum Gasteiger partial charge on any atom is -0.298 e. The maximum atomic E-state index is 12.2. The fourth-order valence-corrected chi connectivity index (χ4v) is 2.88. The number of nitrogens with zero attached hydrogens (tertiary/aromatic N) is 1. The second kappa shape index (κ2) is 6.11. The average molecular weight is 312 g/mol. The summed E-state index contributed by atoms with van der Waals surface area (Å²) in [4.78, 5) is 17.3. The molecule has 0 bridgehead atoms. The van der Waals surface area contributed by atoms with Gasteiger partial charge < -0.3 is 0 Å². The number of aromatic nitrogens is 1. The Hall–Kier alpha value is -2.11. The molecular formula is C16H12N2OS2. The minimum absolute atomic E-state index is 0.199. The highest BCUT2D eigenvalue weighted by atomic mass is 32.1. The molecule has 1 aromatic heterocycles. The van der Waals surface area contributed by atoms with Crippen LogP contribution in [0.5, 0.6) is 0 Å². The Bertz CT molecular complexity index is 769. The topological polar surface area (TPSA) is 42.0 Å². The van der Waals surface area contributed by atoms with Gasteiger partial charge in [0.05, 0.1) is 11.3 Å². The summed E-state index contributed by atoms with van der Waals surface area (Å²) in [5.74, 6) is -0.199. The first-order chi connectivity index (χ1) is 10.2. The molecule has 0 spiro atoms. The van der Waals surface area contributed by atoms with Crippen LogP contribution in [0.2, 0.25) is 0 Å². The monoisotopic (exact) mass is 312 g/mol. The van der Waals surface area contributed by atoms with Crippen LogP contribution in [0.25, 0.3) is 11.3 Å². The maximum Gasteiger partial charge on any atom is 0.258 e. The molecule has 3 rings (SSSR count). The van der Waals surface area contributed by atoms with E-state index in [2.05, 4.69) is 22.9 Å². The van der Waals surface area contributed by atoms with E-state index in [1.54, 1.807) is 12.1 Å². The van der Waals surface area contributed by atoms with Crippen LogP contribution in [0, 0.1) is 0 Å². The number of rotatable bonds is 3. The van der Waals surface area contributed by atoms with Gasteiger partial charge in [0.2, 0.25) is 0 Å². The molecule has 5 heteroatoms. The Balaban J connectivity index is 1.79. The lowest BCUT2D eigenvalue weighted by Gasteiger charge is -2.03. The van der Waals surface area contributed by atoms with Crippen molar-refractivity contribution in [3.05, 3.63) is 65.5 Å². The number of thiol groups is 1. The van der Waals surface area contributed by atoms with Gasteiger partial charge in [-0.25, -0.2) is 4.98 Å². The van der Waals surface area contributed by atoms with Crippen molar-refractivity contribution in [2.24, 2.45) is 0 Å². The molecule has 1 N–H and O–H groups in total. The molecular weight excluding hydrogens is 300 g/mol. The van der Waals surface area contributed by atoms with Crippen molar-refractivity contribution in [2.45, 2.75) is 4.90 Å². The van der Waals surface area contributed by atoms with Crippen molar-refractivity contribution in [1.82, 2.24) is 4.98 Å². The molecule has 0 atom stereocenters. The van der Waals surface area contributed by atoms with E-state index in [1.165, 1.54) is 11.3 Å². The normalized spacial score (nSPS) is 10.3. The lowest BCUT2D eigenvalue weighted by molar-refractivity contribution is 0.102. The molecule has 2 aromatic carbocycles. The summed E-state index contributed by atoms with van der Waals surface area (Å²) in [6.45, 7) is 0. The van der Waals surface area contributed by atoms with Crippen LogP contribution >= 0.6 is 24.0 Å². The third-order valence-corrected chi connectivity index (χ3v) is 4.09. The van der Waals surface area contributed by atoms with Gasteiger partial charge in [0.15, 0.2) is 5.13 Å². The fraction of sp³-hybridized carbons (Fsp3) is 0. The van der Waals surface area contributed by atoms with E-state index in [4.69, 9.17) is 0 Å². The summed E-state index contributed by atoms with van der Waals surface area (Å²) < 4.78 is 0. The number of carbonyl (C=O) groups is 1. The Kier molecular flexibility index (Phi) is 4.03. The van der Waals surface area contributed by atoms with Crippen LogP contribution in [0.4, 0.5) is 5.13 Å². The largest absolute Gasteiger partial charge is 0.298 e. The number of nitrogens with one attached hydrogen (secondary N) is 1. The third kappa shape index (κ3) is 3.15. The van der Waals surface area contributed by atoms with Crippen LogP contribution in [0.1, 0.15) is 10.4 Å². The molecule has 3 nitrogen and oxygen atoms in total. The second-order valence-electron chi connectivity index (χ2n) is 4.38. The van der Waals surface area contributed by atoms with Crippen molar-refractivity contribution < 1.29 is 4.79 Å². The summed E-state index contributed by atoms with van der Waals surface area (Å²) in [5, 5.41) is 5.32. The molecule has 0 aliphatic rings. The summed E-state index contributed by atoms with van der Waals surface area (Å²) >= 11 is 5.69. The van der Waals surface area contributed by atoms with Gasteiger partial charge in [0.25, 0.3) is 5.91 Å². The molecule has 0 unspecified atom stereocenters. The first kappa shape index (κ1) is 13.9. The predicted octanol–water partition coefficient (Wildman–Crippen LogP) is 4.35. The van der Waals surface area contributed by atoms with Crippen molar-refractivity contribution in [2.75, 3.05) is 5.32 Å².